The fraction of sp³-hybridized carbons (Fsp3) is 0.500. The molecule has 1 aromatic heterocycles. The van der Waals surface area contributed by atoms with E-state index in [1.165, 1.54) is 0 Å². The van der Waals surface area contributed by atoms with Crippen molar-refractivity contribution in [3.63, 3.8) is 0 Å². The third-order valence-corrected chi connectivity index (χ3v) is 2.29. The van der Waals surface area contributed by atoms with Gasteiger partial charge in [0.1, 0.15) is 6.04 Å². The van der Waals surface area contributed by atoms with Crippen molar-refractivity contribution in [3.8, 4) is 0 Å². The zero-order valence-corrected chi connectivity index (χ0v) is 7.23. The lowest BCUT2D eigenvalue weighted by Crippen LogP contribution is -2.38. The number of nitrogens with one attached hydrogen (secondary N) is 1. The number of carbonyl (C=O) groups is 1. The van der Waals surface area contributed by atoms with Crippen LogP contribution in [-0.2, 0) is 4.79 Å². The summed E-state index contributed by atoms with van der Waals surface area (Å²) in [6.45, 7) is 0.768. The second kappa shape index (κ2) is 3.08. The molecule has 5 nitrogen and oxygen atoms in total. The van der Waals surface area contributed by atoms with Crippen molar-refractivity contribution < 1.29 is 4.79 Å². The number of amides is 1. The van der Waals surface area contributed by atoms with Gasteiger partial charge in [0.15, 0.2) is 0 Å². The van der Waals surface area contributed by atoms with E-state index in [9.17, 15) is 4.79 Å². The molecule has 0 aliphatic carbocycles. The van der Waals surface area contributed by atoms with E-state index in [-0.39, 0.29) is 11.9 Å². The first-order valence-electron chi connectivity index (χ1n) is 4.35. The number of nitrogens with two attached hydrogens (primary N) is 1. The molecule has 0 bridgehead atoms. The van der Waals surface area contributed by atoms with E-state index in [0.717, 1.165) is 19.4 Å². The van der Waals surface area contributed by atoms with E-state index in [1.807, 2.05) is 0 Å². The van der Waals surface area contributed by atoms with Crippen LogP contribution < -0.4 is 11.1 Å². The summed E-state index contributed by atoms with van der Waals surface area (Å²) in [5.74, 6) is 0.443. The molecule has 1 saturated heterocycles. The van der Waals surface area contributed by atoms with Crippen molar-refractivity contribution in [1.29, 1.82) is 0 Å². The predicted octanol–water partition coefficient (Wildman–Crippen LogP) is -0.0836. The van der Waals surface area contributed by atoms with Crippen molar-refractivity contribution in [2.24, 2.45) is 0 Å². The largest absolute Gasteiger partial charge is 0.369 e. The first-order chi connectivity index (χ1) is 6.29. The number of carbonyl (C=O) groups excluding carboxylic acids is 1. The second-order valence-electron chi connectivity index (χ2n) is 3.14. The molecule has 70 valence electrons. The minimum absolute atomic E-state index is 0.0379. The monoisotopic (exact) mass is 180 g/mol. The molecular weight excluding hydrogens is 168 g/mol. The second-order valence-corrected chi connectivity index (χ2v) is 3.14. The van der Waals surface area contributed by atoms with E-state index in [4.69, 9.17) is 5.73 Å². The number of anilines is 1. The van der Waals surface area contributed by atoms with Crippen LogP contribution >= 0.6 is 0 Å². The lowest BCUT2D eigenvalue weighted by atomic mass is 10.1. The van der Waals surface area contributed by atoms with Gasteiger partial charge in [-0.3, -0.25) is 4.79 Å². The van der Waals surface area contributed by atoms with Gasteiger partial charge in [0, 0.05) is 18.9 Å². The maximum Gasteiger partial charge on any atom is 0.243 e. The van der Waals surface area contributed by atoms with Crippen molar-refractivity contribution in [3.05, 3.63) is 12.4 Å². The summed E-state index contributed by atoms with van der Waals surface area (Å²) in [5, 5.41) is 2.80. The van der Waals surface area contributed by atoms with Crippen molar-refractivity contribution >= 4 is 11.9 Å². The third kappa shape index (κ3) is 1.37. The zero-order chi connectivity index (χ0) is 9.26. The molecule has 1 atom stereocenters. The van der Waals surface area contributed by atoms with Gasteiger partial charge >= 0.3 is 0 Å². The Kier molecular flexibility index (Phi) is 1.92. The molecule has 13 heavy (non-hydrogen) atoms. The number of nitrogen functional groups attached to an aromatic ring is 1. The highest BCUT2D eigenvalue weighted by molar-refractivity contribution is 5.81. The van der Waals surface area contributed by atoms with Crippen molar-refractivity contribution in [2.75, 3.05) is 12.3 Å². The Hall–Kier alpha value is -1.52. The van der Waals surface area contributed by atoms with Crippen LogP contribution in [0.25, 0.3) is 0 Å². The van der Waals surface area contributed by atoms with Gasteiger partial charge in [0.25, 0.3) is 0 Å². The molecule has 1 fully saturated rings. The lowest BCUT2D eigenvalue weighted by molar-refractivity contribution is -0.125. The average molecular weight is 180 g/mol. The standard InChI is InChI=1S/C8H12N4O/c9-8-11-4-5-12(8)6-2-1-3-10-7(6)13/h4-6H,1-3H2,(H2,9,11)(H,10,13). The van der Waals surface area contributed by atoms with E-state index in [1.54, 1.807) is 17.0 Å². The summed E-state index contributed by atoms with van der Waals surface area (Å²) in [4.78, 5) is 15.3. The number of imidazole rings is 1. The molecule has 1 aliphatic heterocycles. The molecule has 2 heterocycles. The predicted molar refractivity (Wildman–Crippen MR) is 47.9 cm³/mol. The van der Waals surface area contributed by atoms with E-state index in [2.05, 4.69) is 10.3 Å². The summed E-state index contributed by atoms with van der Waals surface area (Å²) >= 11 is 0. The first kappa shape index (κ1) is 8.10. The summed E-state index contributed by atoms with van der Waals surface area (Å²) < 4.78 is 1.72. The molecule has 1 aliphatic rings. The van der Waals surface area contributed by atoms with Crippen LogP contribution in [0.1, 0.15) is 18.9 Å². The molecule has 0 saturated carbocycles. The molecule has 5 heteroatoms. The Bertz CT molecular complexity index is 320. The molecule has 0 aromatic carbocycles. The van der Waals surface area contributed by atoms with Gasteiger partial charge in [-0.2, -0.15) is 0 Å². The average Bonchev–Trinajstić information content (AvgIpc) is 2.52. The Balaban J connectivity index is 2.24. The van der Waals surface area contributed by atoms with Crippen LogP contribution in [0.3, 0.4) is 0 Å². The fourth-order valence-corrected chi connectivity index (χ4v) is 1.61. The Morgan fingerprint density at radius 3 is 3.15 bits per heavy atom. The van der Waals surface area contributed by atoms with Gasteiger partial charge in [-0.15, -0.1) is 0 Å². The molecule has 1 unspecified atom stereocenters. The molecule has 2 rings (SSSR count). The SMILES string of the molecule is Nc1nccn1C1CCCNC1=O. The molecule has 1 amide bonds. The quantitative estimate of drug-likeness (QED) is 0.634. The normalized spacial score (nSPS) is 22.8. The van der Waals surface area contributed by atoms with Gasteiger partial charge in [0.05, 0.1) is 0 Å². The first-order valence-corrected chi connectivity index (χ1v) is 4.35. The van der Waals surface area contributed by atoms with Gasteiger partial charge in [-0.25, -0.2) is 4.98 Å². The molecule has 0 radical (unpaired) electrons. The van der Waals surface area contributed by atoms with Crippen molar-refractivity contribution in [1.82, 2.24) is 14.9 Å². The van der Waals surface area contributed by atoms with Crippen molar-refractivity contribution in [2.45, 2.75) is 18.9 Å². The number of hydrogen-bond acceptors (Lipinski definition) is 3. The van der Waals surface area contributed by atoms with E-state index < -0.39 is 0 Å². The minimum atomic E-state index is -0.170. The Labute approximate surface area is 75.9 Å². The number of aromatic nitrogens is 2. The highest BCUT2D eigenvalue weighted by Crippen LogP contribution is 2.19. The summed E-state index contributed by atoms with van der Waals surface area (Å²) in [7, 11) is 0. The summed E-state index contributed by atoms with van der Waals surface area (Å²) in [6, 6.07) is -0.170. The van der Waals surface area contributed by atoms with Crippen LogP contribution in [0.15, 0.2) is 12.4 Å². The van der Waals surface area contributed by atoms with Crippen LogP contribution in [0, 0.1) is 0 Å². The van der Waals surface area contributed by atoms with Crippen LogP contribution in [0.4, 0.5) is 5.95 Å². The topological polar surface area (TPSA) is 72.9 Å². The third-order valence-electron chi connectivity index (χ3n) is 2.29. The van der Waals surface area contributed by atoms with Gasteiger partial charge in [-0.1, -0.05) is 0 Å². The summed E-state index contributed by atoms with van der Waals surface area (Å²) in [6.07, 6.45) is 5.18. The zero-order valence-electron chi connectivity index (χ0n) is 7.23. The lowest BCUT2D eigenvalue weighted by Gasteiger charge is -2.23. The molecular formula is C8H12N4O. The van der Waals surface area contributed by atoms with E-state index in [0.29, 0.717) is 5.95 Å². The van der Waals surface area contributed by atoms with Crippen LogP contribution in [0.2, 0.25) is 0 Å². The number of piperidine rings is 1. The molecule has 1 aromatic rings. The van der Waals surface area contributed by atoms with Crippen LogP contribution in [0.5, 0.6) is 0 Å². The molecule has 3 N–H and O–H groups in total. The van der Waals surface area contributed by atoms with Gasteiger partial charge in [-0.05, 0) is 12.8 Å². The maximum atomic E-state index is 11.4. The van der Waals surface area contributed by atoms with Gasteiger partial charge in [0.2, 0.25) is 11.9 Å². The number of nitrogens with zero attached hydrogens (tertiary/aromatic N) is 2. The fourth-order valence-electron chi connectivity index (χ4n) is 1.61. The maximum absolute atomic E-state index is 11.4. The summed E-state index contributed by atoms with van der Waals surface area (Å²) in [5.41, 5.74) is 5.61. The van der Waals surface area contributed by atoms with Crippen LogP contribution in [-0.4, -0.2) is 22.0 Å². The van der Waals surface area contributed by atoms with Gasteiger partial charge < -0.3 is 15.6 Å². The smallest absolute Gasteiger partial charge is 0.243 e. The highest BCUT2D eigenvalue weighted by atomic mass is 16.2. The number of hydrogen-bond donors (Lipinski definition) is 2. The number of rotatable bonds is 1. The Morgan fingerprint density at radius 2 is 2.54 bits per heavy atom. The molecule has 0 spiro atoms. The Morgan fingerprint density at radius 1 is 1.69 bits per heavy atom. The van der Waals surface area contributed by atoms with E-state index >= 15 is 0 Å². The minimum Gasteiger partial charge on any atom is -0.369 e. The highest BCUT2D eigenvalue weighted by Gasteiger charge is 2.24.